The number of nitrogens with zero attached hydrogens (tertiary/aromatic N) is 1. The number of hydrogen-bond acceptors (Lipinski definition) is 3. The summed E-state index contributed by atoms with van der Waals surface area (Å²) in [6.07, 6.45) is 1.25. The molecule has 18 heavy (non-hydrogen) atoms. The number of carbonyl (C=O) groups is 2. The van der Waals surface area contributed by atoms with Gasteiger partial charge in [-0.3, -0.25) is 9.59 Å². The van der Waals surface area contributed by atoms with Crippen LogP contribution in [0.25, 0.3) is 0 Å². The Hall–Kier alpha value is -1.10. The van der Waals surface area contributed by atoms with Gasteiger partial charge in [-0.25, -0.2) is 0 Å². The third kappa shape index (κ3) is 3.98. The second kappa shape index (κ2) is 6.73. The molecule has 104 valence electrons. The SMILES string of the molecule is CCN(CC)CCCNC(=O)C1(C)CNC(=O)C1. The van der Waals surface area contributed by atoms with Crippen LogP contribution < -0.4 is 10.6 Å². The van der Waals surface area contributed by atoms with Crippen molar-refractivity contribution < 1.29 is 9.59 Å². The number of amides is 2. The first-order valence-electron chi connectivity index (χ1n) is 6.79. The van der Waals surface area contributed by atoms with Gasteiger partial charge in [0.2, 0.25) is 11.8 Å². The van der Waals surface area contributed by atoms with Crippen LogP contribution in [-0.4, -0.2) is 49.4 Å². The Balaban J connectivity index is 2.23. The van der Waals surface area contributed by atoms with E-state index in [1.165, 1.54) is 0 Å². The van der Waals surface area contributed by atoms with Gasteiger partial charge in [0.1, 0.15) is 0 Å². The van der Waals surface area contributed by atoms with Gasteiger partial charge in [-0.05, 0) is 33.0 Å². The molecule has 1 fully saturated rings. The number of rotatable bonds is 7. The lowest BCUT2D eigenvalue weighted by molar-refractivity contribution is -0.131. The largest absolute Gasteiger partial charge is 0.356 e. The van der Waals surface area contributed by atoms with Crippen molar-refractivity contribution in [3.8, 4) is 0 Å². The molecule has 1 rings (SSSR count). The van der Waals surface area contributed by atoms with Crippen LogP contribution in [0.2, 0.25) is 0 Å². The molecule has 1 unspecified atom stereocenters. The first kappa shape index (κ1) is 15.0. The van der Waals surface area contributed by atoms with Crippen LogP contribution in [0.15, 0.2) is 0 Å². The van der Waals surface area contributed by atoms with Crippen LogP contribution in [0.1, 0.15) is 33.6 Å². The first-order chi connectivity index (χ1) is 8.51. The molecule has 1 saturated heterocycles. The van der Waals surface area contributed by atoms with Gasteiger partial charge in [-0.15, -0.1) is 0 Å². The van der Waals surface area contributed by atoms with Crippen LogP contribution in [0.5, 0.6) is 0 Å². The summed E-state index contributed by atoms with van der Waals surface area (Å²) in [5.41, 5.74) is -0.563. The van der Waals surface area contributed by atoms with E-state index < -0.39 is 5.41 Å². The lowest BCUT2D eigenvalue weighted by Gasteiger charge is -2.21. The van der Waals surface area contributed by atoms with E-state index in [2.05, 4.69) is 29.4 Å². The molecular weight excluding hydrogens is 230 g/mol. The average Bonchev–Trinajstić information content (AvgIpc) is 2.70. The zero-order chi connectivity index (χ0) is 13.6. The quantitative estimate of drug-likeness (QED) is 0.646. The summed E-state index contributed by atoms with van der Waals surface area (Å²) in [6.45, 7) is 10.3. The molecule has 0 aromatic carbocycles. The van der Waals surface area contributed by atoms with Gasteiger partial charge in [0.05, 0.1) is 5.41 Å². The molecule has 0 aromatic heterocycles. The summed E-state index contributed by atoms with van der Waals surface area (Å²) >= 11 is 0. The minimum atomic E-state index is -0.563. The van der Waals surface area contributed by atoms with Gasteiger partial charge >= 0.3 is 0 Å². The monoisotopic (exact) mass is 255 g/mol. The van der Waals surface area contributed by atoms with Crippen molar-refractivity contribution in [3.63, 3.8) is 0 Å². The maximum Gasteiger partial charge on any atom is 0.228 e. The topological polar surface area (TPSA) is 61.4 Å². The average molecular weight is 255 g/mol. The molecule has 0 bridgehead atoms. The second-order valence-corrected chi connectivity index (χ2v) is 5.15. The second-order valence-electron chi connectivity index (χ2n) is 5.15. The molecule has 2 N–H and O–H groups in total. The molecule has 1 heterocycles. The highest BCUT2D eigenvalue weighted by molar-refractivity contribution is 5.92. The summed E-state index contributed by atoms with van der Waals surface area (Å²) in [5, 5.41) is 5.64. The van der Waals surface area contributed by atoms with Crippen molar-refractivity contribution in [3.05, 3.63) is 0 Å². The minimum absolute atomic E-state index is 0.0135. The van der Waals surface area contributed by atoms with Crippen LogP contribution in [-0.2, 0) is 9.59 Å². The smallest absolute Gasteiger partial charge is 0.228 e. The third-order valence-corrected chi connectivity index (χ3v) is 3.61. The number of hydrogen-bond donors (Lipinski definition) is 2. The fraction of sp³-hybridized carbons (Fsp3) is 0.846. The zero-order valence-electron chi connectivity index (χ0n) is 11.7. The van der Waals surface area contributed by atoms with Gasteiger partial charge in [0, 0.05) is 19.5 Å². The molecule has 5 heteroatoms. The van der Waals surface area contributed by atoms with Crippen LogP contribution in [0.3, 0.4) is 0 Å². The summed E-state index contributed by atoms with van der Waals surface area (Å²) in [4.78, 5) is 25.5. The lowest BCUT2D eigenvalue weighted by Crippen LogP contribution is -2.41. The summed E-state index contributed by atoms with van der Waals surface area (Å²) in [6, 6.07) is 0. The Bertz CT molecular complexity index is 303. The van der Waals surface area contributed by atoms with E-state index in [1.807, 2.05) is 6.92 Å². The van der Waals surface area contributed by atoms with E-state index in [1.54, 1.807) is 0 Å². The van der Waals surface area contributed by atoms with Gasteiger partial charge in [-0.1, -0.05) is 13.8 Å². The molecule has 1 aliphatic heterocycles. The Morgan fingerprint density at radius 1 is 1.44 bits per heavy atom. The van der Waals surface area contributed by atoms with Crippen molar-refractivity contribution in [1.29, 1.82) is 0 Å². The number of carbonyl (C=O) groups excluding carboxylic acids is 2. The Morgan fingerprint density at radius 3 is 2.61 bits per heavy atom. The van der Waals surface area contributed by atoms with Gasteiger partial charge in [-0.2, -0.15) is 0 Å². The summed E-state index contributed by atoms with van der Waals surface area (Å²) < 4.78 is 0. The summed E-state index contributed by atoms with van der Waals surface area (Å²) in [5.74, 6) is -0.0452. The third-order valence-electron chi connectivity index (χ3n) is 3.61. The molecule has 0 radical (unpaired) electrons. The Labute approximate surface area is 109 Å². The van der Waals surface area contributed by atoms with E-state index in [-0.39, 0.29) is 11.8 Å². The summed E-state index contributed by atoms with van der Waals surface area (Å²) in [7, 11) is 0. The van der Waals surface area contributed by atoms with Gasteiger partial charge in [0.25, 0.3) is 0 Å². The van der Waals surface area contributed by atoms with E-state index in [0.29, 0.717) is 19.5 Å². The van der Waals surface area contributed by atoms with Gasteiger partial charge in [0.15, 0.2) is 0 Å². The maximum atomic E-state index is 12.0. The van der Waals surface area contributed by atoms with E-state index in [9.17, 15) is 9.59 Å². The standard InChI is InChI=1S/C13H25N3O2/c1-4-16(5-2)8-6-7-14-12(18)13(3)9-11(17)15-10-13/h4-10H2,1-3H3,(H,14,18)(H,15,17). The molecule has 5 nitrogen and oxygen atoms in total. The van der Waals surface area contributed by atoms with Crippen molar-refractivity contribution >= 4 is 11.8 Å². The van der Waals surface area contributed by atoms with Crippen molar-refractivity contribution in [2.45, 2.75) is 33.6 Å². The normalized spacial score (nSPS) is 23.2. The molecule has 0 aliphatic carbocycles. The van der Waals surface area contributed by atoms with Crippen LogP contribution in [0.4, 0.5) is 0 Å². The van der Waals surface area contributed by atoms with Crippen molar-refractivity contribution in [2.24, 2.45) is 5.41 Å². The molecule has 0 spiro atoms. The minimum Gasteiger partial charge on any atom is -0.356 e. The Morgan fingerprint density at radius 2 is 2.11 bits per heavy atom. The fourth-order valence-corrected chi connectivity index (χ4v) is 2.19. The van der Waals surface area contributed by atoms with Crippen molar-refractivity contribution in [2.75, 3.05) is 32.7 Å². The molecule has 1 atom stereocenters. The highest BCUT2D eigenvalue weighted by Crippen LogP contribution is 2.25. The van der Waals surface area contributed by atoms with Crippen LogP contribution in [0, 0.1) is 5.41 Å². The maximum absolute atomic E-state index is 12.0. The first-order valence-corrected chi connectivity index (χ1v) is 6.79. The molecule has 0 saturated carbocycles. The van der Waals surface area contributed by atoms with E-state index in [4.69, 9.17) is 0 Å². The molecule has 0 aromatic rings. The molecular formula is C13H25N3O2. The lowest BCUT2D eigenvalue weighted by atomic mass is 9.88. The number of nitrogens with one attached hydrogen (secondary N) is 2. The zero-order valence-corrected chi connectivity index (χ0v) is 11.7. The van der Waals surface area contributed by atoms with E-state index in [0.717, 1.165) is 26.1 Å². The van der Waals surface area contributed by atoms with Crippen LogP contribution >= 0.6 is 0 Å². The Kier molecular flexibility index (Phi) is 5.59. The molecule has 1 aliphatic rings. The molecule has 2 amide bonds. The predicted molar refractivity (Wildman–Crippen MR) is 71.1 cm³/mol. The van der Waals surface area contributed by atoms with Gasteiger partial charge < -0.3 is 15.5 Å². The highest BCUT2D eigenvalue weighted by Gasteiger charge is 2.40. The van der Waals surface area contributed by atoms with Crippen molar-refractivity contribution in [1.82, 2.24) is 15.5 Å². The highest BCUT2D eigenvalue weighted by atomic mass is 16.2. The predicted octanol–water partition coefficient (Wildman–Crippen LogP) is 0.361. The van der Waals surface area contributed by atoms with E-state index >= 15 is 0 Å². The fourth-order valence-electron chi connectivity index (χ4n) is 2.19.